The van der Waals surface area contributed by atoms with Gasteiger partial charge in [-0.25, -0.2) is 0 Å². The Morgan fingerprint density at radius 1 is 1.88 bits per heavy atom. The standard InChI is InChI=1S/C6H4OS/c1-2-5-3-6(7)8-4-5/h1,4H,3H2. The van der Waals surface area contributed by atoms with Gasteiger partial charge in [0.05, 0.1) is 6.42 Å². The van der Waals surface area contributed by atoms with Gasteiger partial charge in [0.15, 0.2) is 5.12 Å². The first-order valence-corrected chi connectivity index (χ1v) is 3.06. The molecule has 2 heteroatoms. The van der Waals surface area contributed by atoms with Crippen molar-refractivity contribution in [1.29, 1.82) is 0 Å². The second-order valence-corrected chi connectivity index (χ2v) is 2.38. The zero-order valence-corrected chi connectivity index (χ0v) is 4.99. The highest BCUT2D eigenvalue weighted by Crippen LogP contribution is 2.22. The Balaban J connectivity index is 2.66. The maximum absolute atomic E-state index is 10.4. The van der Waals surface area contributed by atoms with Crippen LogP contribution in [0.4, 0.5) is 0 Å². The van der Waals surface area contributed by atoms with E-state index in [-0.39, 0.29) is 5.12 Å². The van der Waals surface area contributed by atoms with Crippen molar-refractivity contribution >= 4 is 16.9 Å². The highest BCUT2D eigenvalue weighted by molar-refractivity contribution is 8.16. The molecule has 0 spiro atoms. The van der Waals surface area contributed by atoms with E-state index < -0.39 is 0 Å². The molecule has 0 unspecified atom stereocenters. The lowest BCUT2D eigenvalue weighted by Gasteiger charge is -1.78. The molecule has 1 aliphatic rings. The molecule has 0 amide bonds. The highest BCUT2D eigenvalue weighted by Gasteiger charge is 2.10. The van der Waals surface area contributed by atoms with Crippen molar-refractivity contribution < 1.29 is 4.79 Å². The zero-order valence-electron chi connectivity index (χ0n) is 4.18. The lowest BCUT2D eigenvalue weighted by atomic mass is 10.2. The molecule has 0 atom stereocenters. The molecule has 0 aromatic rings. The number of rotatable bonds is 0. The maximum atomic E-state index is 10.4. The van der Waals surface area contributed by atoms with Crippen LogP contribution in [0.1, 0.15) is 6.42 Å². The topological polar surface area (TPSA) is 17.1 Å². The molecule has 0 fully saturated rings. The summed E-state index contributed by atoms with van der Waals surface area (Å²) in [4.78, 5) is 10.4. The van der Waals surface area contributed by atoms with Gasteiger partial charge >= 0.3 is 0 Å². The number of hydrogen-bond donors (Lipinski definition) is 0. The van der Waals surface area contributed by atoms with Crippen LogP contribution in [0.3, 0.4) is 0 Å². The van der Waals surface area contributed by atoms with Gasteiger partial charge in [-0.05, 0) is 5.41 Å². The molecule has 1 rings (SSSR count). The van der Waals surface area contributed by atoms with E-state index in [4.69, 9.17) is 6.42 Å². The highest BCUT2D eigenvalue weighted by atomic mass is 32.2. The Labute approximate surface area is 52.2 Å². The van der Waals surface area contributed by atoms with Gasteiger partial charge in [0.2, 0.25) is 0 Å². The predicted molar refractivity (Wildman–Crippen MR) is 34.1 cm³/mol. The van der Waals surface area contributed by atoms with E-state index in [0.29, 0.717) is 6.42 Å². The van der Waals surface area contributed by atoms with E-state index in [9.17, 15) is 4.79 Å². The minimum Gasteiger partial charge on any atom is -0.286 e. The Bertz CT molecular complexity index is 185. The third-order valence-corrected chi connectivity index (χ3v) is 1.66. The number of carbonyl (C=O) groups is 1. The molecule has 0 saturated carbocycles. The normalized spacial score (nSPS) is 17.9. The number of allylic oxidation sites excluding steroid dienone is 1. The van der Waals surface area contributed by atoms with E-state index in [1.807, 2.05) is 0 Å². The van der Waals surface area contributed by atoms with Gasteiger partial charge in [0.1, 0.15) is 0 Å². The van der Waals surface area contributed by atoms with E-state index in [1.54, 1.807) is 5.41 Å². The summed E-state index contributed by atoms with van der Waals surface area (Å²) in [5, 5.41) is 1.88. The monoisotopic (exact) mass is 124 g/mol. The SMILES string of the molecule is C#CC1=CSC(=O)C1. The van der Waals surface area contributed by atoms with Crippen LogP contribution in [0.2, 0.25) is 0 Å². The van der Waals surface area contributed by atoms with Crippen LogP contribution in [0, 0.1) is 12.3 Å². The first-order valence-electron chi connectivity index (χ1n) is 2.18. The van der Waals surface area contributed by atoms with Crippen molar-refractivity contribution in [1.82, 2.24) is 0 Å². The fourth-order valence-electron chi connectivity index (χ4n) is 0.461. The van der Waals surface area contributed by atoms with Crippen LogP contribution in [-0.2, 0) is 4.79 Å². The smallest absolute Gasteiger partial charge is 0.198 e. The minimum atomic E-state index is 0.151. The van der Waals surface area contributed by atoms with Gasteiger partial charge in [-0.3, -0.25) is 4.79 Å². The Hall–Kier alpha value is -0.680. The van der Waals surface area contributed by atoms with Crippen molar-refractivity contribution in [2.75, 3.05) is 0 Å². The van der Waals surface area contributed by atoms with Crippen molar-refractivity contribution in [2.45, 2.75) is 6.42 Å². The average molecular weight is 124 g/mol. The summed E-state index contributed by atoms with van der Waals surface area (Å²) in [6.07, 6.45) is 5.46. The summed E-state index contributed by atoms with van der Waals surface area (Å²) in [5.74, 6) is 2.41. The van der Waals surface area contributed by atoms with Crippen molar-refractivity contribution in [3.8, 4) is 12.3 Å². The Kier molecular flexibility index (Phi) is 1.40. The van der Waals surface area contributed by atoms with Crippen LogP contribution < -0.4 is 0 Å². The van der Waals surface area contributed by atoms with Crippen LogP contribution >= 0.6 is 11.8 Å². The van der Waals surface area contributed by atoms with E-state index >= 15 is 0 Å². The van der Waals surface area contributed by atoms with E-state index in [1.165, 1.54) is 11.8 Å². The predicted octanol–water partition coefficient (Wildman–Crippen LogP) is 1.17. The molecule has 1 aliphatic heterocycles. The van der Waals surface area contributed by atoms with Gasteiger partial charge in [-0.1, -0.05) is 17.7 Å². The molecule has 8 heavy (non-hydrogen) atoms. The largest absolute Gasteiger partial charge is 0.286 e. The molecule has 0 aromatic carbocycles. The summed E-state index contributed by atoms with van der Waals surface area (Å²) < 4.78 is 0. The van der Waals surface area contributed by atoms with Crippen molar-refractivity contribution in [3.05, 3.63) is 11.0 Å². The van der Waals surface area contributed by atoms with Crippen LogP contribution in [0.25, 0.3) is 0 Å². The summed E-state index contributed by atoms with van der Waals surface area (Å²) in [7, 11) is 0. The minimum absolute atomic E-state index is 0.151. The first kappa shape index (κ1) is 5.46. The third kappa shape index (κ3) is 0.932. The van der Waals surface area contributed by atoms with Crippen molar-refractivity contribution in [2.24, 2.45) is 0 Å². The lowest BCUT2D eigenvalue weighted by molar-refractivity contribution is -0.110. The Morgan fingerprint density at radius 3 is 2.88 bits per heavy atom. The van der Waals surface area contributed by atoms with Gasteiger partial charge in [0.25, 0.3) is 0 Å². The van der Waals surface area contributed by atoms with Gasteiger partial charge < -0.3 is 0 Å². The molecule has 0 aliphatic carbocycles. The van der Waals surface area contributed by atoms with Gasteiger partial charge in [-0.2, -0.15) is 0 Å². The second-order valence-electron chi connectivity index (χ2n) is 1.45. The third-order valence-electron chi connectivity index (χ3n) is 0.853. The number of carbonyl (C=O) groups excluding carboxylic acids is 1. The molecule has 0 radical (unpaired) electrons. The van der Waals surface area contributed by atoms with E-state index in [2.05, 4.69) is 5.92 Å². The number of terminal acetylenes is 1. The molecule has 0 N–H and O–H groups in total. The van der Waals surface area contributed by atoms with Crippen LogP contribution in [0.15, 0.2) is 11.0 Å². The summed E-state index contributed by atoms with van der Waals surface area (Å²) in [5.41, 5.74) is 0.806. The molecule has 0 aromatic heterocycles. The fraction of sp³-hybridized carbons (Fsp3) is 0.167. The van der Waals surface area contributed by atoms with Gasteiger partial charge in [0, 0.05) is 5.57 Å². The summed E-state index contributed by atoms with van der Waals surface area (Å²) in [6.45, 7) is 0. The van der Waals surface area contributed by atoms with Gasteiger partial charge in [-0.15, -0.1) is 6.42 Å². The van der Waals surface area contributed by atoms with E-state index in [0.717, 1.165) is 5.57 Å². The second kappa shape index (κ2) is 2.06. The van der Waals surface area contributed by atoms with Crippen LogP contribution in [-0.4, -0.2) is 5.12 Å². The zero-order chi connectivity index (χ0) is 5.98. The summed E-state index contributed by atoms with van der Waals surface area (Å²) >= 11 is 1.19. The molecule has 0 saturated heterocycles. The lowest BCUT2D eigenvalue weighted by Crippen LogP contribution is -1.81. The number of hydrogen-bond acceptors (Lipinski definition) is 2. The Morgan fingerprint density at radius 2 is 2.62 bits per heavy atom. The molecular weight excluding hydrogens is 120 g/mol. The maximum Gasteiger partial charge on any atom is 0.198 e. The molecule has 1 heterocycles. The average Bonchev–Trinajstić information content (AvgIpc) is 2.14. The van der Waals surface area contributed by atoms with Crippen LogP contribution in [0.5, 0.6) is 0 Å². The molecular formula is C6H4OS. The molecule has 40 valence electrons. The first-order chi connectivity index (χ1) is 3.83. The molecule has 1 nitrogen and oxygen atoms in total. The quantitative estimate of drug-likeness (QED) is 0.451. The number of thioether (sulfide) groups is 1. The summed E-state index contributed by atoms with van der Waals surface area (Å²) in [6, 6.07) is 0. The molecule has 0 bridgehead atoms. The van der Waals surface area contributed by atoms with Crippen molar-refractivity contribution in [3.63, 3.8) is 0 Å². The fourth-order valence-corrected chi connectivity index (χ4v) is 1.12.